The van der Waals surface area contributed by atoms with E-state index in [9.17, 15) is 13.2 Å². The molecule has 1 aliphatic heterocycles. The van der Waals surface area contributed by atoms with Crippen molar-refractivity contribution in [3.05, 3.63) is 0 Å². The van der Waals surface area contributed by atoms with E-state index in [1.807, 2.05) is 13.8 Å². The Bertz CT molecular complexity index is 492. The summed E-state index contributed by atoms with van der Waals surface area (Å²) < 4.78 is 25.9. The summed E-state index contributed by atoms with van der Waals surface area (Å²) in [4.78, 5) is 12.6. The molecule has 1 saturated heterocycles. The summed E-state index contributed by atoms with van der Waals surface area (Å²) in [6.07, 6.45) is 7.77. The molecule has 2 fully saturated rings. The van der Waals surface area contributed by atoms with Crippen molar-refractivity contribution in [2.45, 2.75) is 75.7 Å². The van der Waals surface area contributed by atoms with Gasteiger partial charge in [0.05, 0.1) is 5.25 Å². The first kappa shape index (κ1) is 19.7. The number of piperidine rings is 1. The summed E-state index contributed by atoms with van der Waals surface area (Å²) in [6, 6.07) is 0. The van der Waals surface area contributed by atoms with Gasteiger partial charge in [-0.2, -0.15) is 0 Å². The fourth-order valence-electron chi connectivity index (χ4n) is 4.10. The molecule has 2 unspecified atom stereocenters. The Hall–Kier alpha value is -0.620. The second-order valence-electron chi connectivity index (χ2n) is 7.81. The van der Waals surface area contributed by atoms with Gasteiger partial charge < -0.3 is 10.6 Å². The summed E-state index contributed by atoms with van der Waals surface area (Å²) in [5.74, 6) is 0.110. The van der Waals surface area contributed by atoms with Gasteiger partial charge in [-0.3, -0.25) is 4.79 Å². The summed E-state index contributed by atoms with van der Waals surface area (Å²) in [5, 5.41) is 5.06. The Balaban J connectivity index is 1.91. The molecule has 5 nitrogen and oxygen atoms in total. The molecular weight excluding hydrogens is 324 g/mol. The SMILES string of the molecule is CC(C)C(C(=O)NCCC1CCCNC1)S(=O)(=O)C1CCCCC1. The van der Waals surface area contributed by atoms with Crippen LogP contribution < -0.4 is 10.6 Å². The normalized spacial score (nSPS) is 24.7. The lowest BCUT2D eigenvalue weighted by molar-refractivity contribution is -0.121. The molecule has 2 rings (SSSR count). The van der Waals surface area contributed by atoms with E-state index in [1.165, 1.54) is 12.8 Å². The number of nitrogens with one attached hydrogen (secondary N) is 2. The van der Waals surface area contributed by atoms with Gasteiger partial charge in [0.25, 0.3) is 0 Å². The number of hydrogen-bond acceptors (Lipinski definition) is 4. The van der Waals surface area contributed by atoms with Crippen LogP contribution in [0, 0.1) is 11.8 Å². The number of hydrogen-bond donors (Lipinski definition) is 2. The summed E-state index contributed by atoms with van der Waals surface area (Å²) >= 11 is 0. The van der Waals surface area contributed by atoms with Crippen LogP contribution in [0.25, 0.3) is 0 Å². The largest absolute Gasteiger partial charge is 0.355 e. The number of rotatable bonds is 7. The smallest absolute Gasteiger partial charge is 0.238 e. The molecule has 0 aromatic heterocycles. The van der Waals surface area contributed by atoms with E-state index in [4.69, 9.17) is 0 Å². The third-order valence-electron chi connectivity index (χ3n) is 5.49. The van der Waals surface area contributed by atoms with E-state index >= 15 is 0 Å². The van der Waals surface area contributed by atoms with Crippen molar-refractivity contribution >= 4 is 15.7 Å². The predicted octanol–water partition coefficient (Wildman–Crippen LogP) is 2.26. The number of sulfone groups is 1. The number of amides is 1. The third-order valence-corrected chi connectivity index (χ3v) is 8.35. The van der Waals surface area contributed by atoms with Crippen LogP contribution in [0.1, 0.15) is 65.2 Å². The minimum atomic E-state index is -3.40. The van der Waals surface area contributed by atoms with Gasteiger partial charge in [0.2, 0.25) is 5.91 Å². The highest BCUT2D eigenvalue weighted by Gasteiger charge is 2.40. The number of carbonyl (C=O) groups excluding carboxylic acids is 1. The molecule has 6 heteroatoms. The molecule has 1 saturated carbocycles. The average molecular weight is 359 g/mol. The van der Waals surface area contributed by atoms with Crippen LogP contribution in [0.4, 0.5) is 0 Å². The molecule has 2 atom stereocenters. The van der Waals surface area contributed by atoms with Gasteiger partial charge in [0.1, 0.15) is 5.25 Å². The van der Waals surface area contributed by atoms with Gasteiger partial charge in [-0.1, -0.05) is 33.1 Å². The zero-order valence-corrected chi connectivity index (χ0v) is 16.0. The minimum absolute atomic E-state index is 0.187. The quantitative estimate of drug-likeness (QED) is 0.732. The zero-order valence-electron chi connectivity index (χ0n) is 15.2. The van der Waals surface area contributed by atoms with Crippen LogP contribution in [0.3, 0.4) is 0 Å². The van der Waals surface area contributed by atoms with E-state index in [1.54, 1.807) is 0 Å². The Morgan fingerprint density at radius 3 is 2.42 bits per heavy atom. The molecule has 1 heterocycles. The van der Waals surface area contributed by atoms with Crippen LogP contribution in [-0.4, -0.2) is 44.5 Å². The maximum Gasteiger partial charge on any atom is 0.238 e. The molecule has 2 aliphatic rings. The monoisotopic (exact) mass is 358 g/mol. The third kappa shape index (κ3) is 5.19. The molecule has 1 amide bonds. The lowest BCUT2D eigenvalue weighted by atomic mass is 9.96. The Morgan fingerprint density at radius 1 is 1.12 bits per heavy atom. The van der Waals surface area contributed by atoms with Crippen molar-refractivity contribution in [2.24, 2.45) is 11.8 Å². The van der Waals surface area contributed by atoms with Crippen LogP contribution in [0.15, 0.2) is 0 Å². The van der Waals surface area contributed by atoms with E-state index < -0.39 is 15.1 Å². The van der Waals surface area contributed by atoms with Crippen molar-refractivity contribution < 1.29 is 13.2 Å². The van der Waals surface area contributed by atoms with E-state index in [2.05, 4.69) is 10.6 Å². The standard InChI is InChI=1S/C18H34N2O3S/c1-14(2)17(24(22,23)16-8-4-3-5-9-16)18(21)20-12-10-15-7-6-11-19-13-15/h14-17,19H,3-13H2,1-2H3,(H,20,21). The molecule has 1 aliphatic carbocycles. The highest BCUT2D eigenvalue weighted by molar-refractivity contribution is 7.93. The van der Waals surface area contributed by atoms with Gasteiger partial charge in [0.15, 0.2) is 9.84 Å². The van der Waals surface area contributed by atoms with Gasteiger partial charge >= 0.3 is 0 Å². The molecule has 0 spiro atoms. The first-order valence-electron chi connectivity index (χ1n) is 9.64. The Morgan fingerprint density at radius 2 is 1.83 bits per heavy atom. The second kappa shape index (κ2) is 9.18. The number of carbonyl (C=O) groups is 1. The second-order valence-corrected chi connectivity index (χ2v) is 10.2. The lowest BCUT2D eigenvalue weighted by Crippen LogP contribution is -2.47. The fourth-order valence-corrected chi connectivity index (χ4v) is 6.65. The van der Waals surface area contributed by atoms with Gasteiger partial charge in [0, 0.05) is 6.54 Å². The van der Waals surface area contributed by atoms with Crippen molar-refractivity contribution in [1.82, 2.24) is 10.6 Å². The molecule has 0 bridgehead atoms. The molecule has 0 radical (unpaired) electrons. The van der Waals surface area contributed by atoms with Gasteiger partial charge in [-0.25, -0.2) is 8.42 Å². The topological polar surface area (TPSA) is 75.3 Å². The summed E-state index contributed by atoms with van der Waals surface area (Å²) in [6.45, 7) is 6.35. The molecule has 2 N–H and O–H groups in total. The molecule has 140 valence electrons. The Labute approximate surface area is 147 Å². The van der Waals surface area contributed by atoms with Crippen molar-refractivity contribution in [1.29, 1.82) is 0 Å². The lowest BCUT2D eigenvalue weighted by Gasteiger charge is -2.29. The molecule has 0 aromatic carbocycles. The van der Waals surface area contributed by atoms with Crippen molar-refractivity contribution in [2.75, 3.05) is 19.6 Å². The minimum Gasteiger partial charge on any atom is -0.355 e. The van der Waals surface area contributed by atoms with Crippen molar-refractivity contribution in [3.8, 4) is 0 Å². The van der Waals surface area contributed by atoms with Crippen LogP contribution in [-0.2, 0) is 14.6 Å². The molecule has 24 heavy (non-hydrogen) atoms. The van der Waals surface area contributed by atoms with Gasteiger partial charge in [-0.15, -0.1) is 0 Å². The molecular formula is C18H34N2O3S. The highest BCUT2D eigenvalue weighted by atomic mass is 32.2. The Kier molecular flexibility index (Phi) is 7.54. The first-order valence-corrected chi connectivity index (χ1v) is 11.2. The molecule has 0 aromatic rings. The van der Waals surface area contributed by atoms with Crippen molar-refractivity contribution in [3.63, 3.8) is 0 Å². The maximum atomic E-state index is 13.0. The summed E-state index contributed by atoms with van der Waals surface area (Å²) in [5.41, 5.74) is 0. The van der Waals surface area contributed by atoms with E-state index in [0.717, 1.165) is 38.8 Å². The van der Waals surface area contributed by atoms with E-state index in [-0.39, 0.29) is 17.1 Å². The highest BCUT2D eigenvalue weighted by Crippen LogP contribution is 2.29. The summed E-state index contributed by atoms with van der Waals surface area (Å²) in [7, 11) is -3.40. The van der Waals surface area contributed by atoms with Crippen LogP contribution in [0.5, 0.6) is 0 Å². The van der Waals surface area contributed by atoms with Gasteiger partial charge in [-0.05, 0) is 57.0 Å². The maximum absolute atomic E-state index is 13.0. The first-order chi connectivity index (χ1) is 11.4. The predicted molar refractivity (Wildman–Crippen MR) is 97.6 cm³/mol. The zero-order chi connectivity index (χ0) is 17.6. The van der Waals surface area contributed by atoms with Crippen LogP contribution in [0.2, 0.25) is 0 Å². The average Bonchev–Trinajstić information content (AvgIpc) is 2.56. The fraction of sp³-hybridized carbons (Fsp3) is 0.944. The van der Waals surface area contributed by atoms with E-state index in [0.29, 0.717) is 25.3 Å². The van der Waals surface area contributed by atoms with Crippen LogP contribution >= 0.6 is 0 Å².